The Morgan fingerprint density at radius 1 is 1.35 bits per heavy atom. The van der Waals surface area contributed by atoms with Crippen molar-refractivity contribution in [1.82, 2.24) is 10.2 Å². The van der Waals surface area contributed by atoms with Crippen LogP contribution in [0.3, 0.4) is 0 Å². The summed E-state index contributed by atoms with van der Waals surface area (Å²) >= 11 is 0. The Hall–Kier alpha value is -2.08. The van der Waals surface area contributed by atoms with Gasteiger partial charge in [-0.3, -0.25) is 0 Å². The van der Waals surface area contributed by atoms with Gasteiger partial charge in [-0.25, -0.2) is 9.59 Å². The number of nitrogens with zero attached hydrogens (tertiary/aromatic N) is 1. The van der Waals surface area contributed by atoms with Crippen LogP contribution in [0.4, 0.5) is 10.5 Å². The quantitative estimate of drug-likeness (QED) is 0.693. The third-order valence-corrected chi connectivity index (χ3v) is 2.98. The summed E-state index contributed by atoms with van der Waals surface area (Å²) in [4.78, 5) is 24.4. The minimum atomic E-state index is -0.977. The normalized spacial score (nSPS) is 10.2. The Kier molecular flexibility index (Phi) is 5.99. The maximum Gasteiger partial charge on any atom is 0.335 e. The lowest BCUT2D eigenvalue weighted by molar-refractivity contribution is 0.0697. The molecule has 0 heterocycles. The number of carbonyl (C=O) groups is 2. The highest BCUT2D eigenvalue weighted by Gasteiger charge is 2.11. The molecule has 3 N–H and O–H groups in total. The van der Waals surface area contributed by atoms with Gasteiger partial charge in [0.25, 0.3) is 0 Å². The molecule has 6 nitrogen and oxygen atoms in total. The van der Waals surface area contributed by atoms with Crippen molar-refractivity contribution in [2.24, 2.45) is 0 Å². The molecule has 0 fully saturated rings. The molecular formula is C14H21N3O3. The van der Waals surface area contributed by atoms with E-state index in [0.717, 1.165) is 18.5 Å². The first-order valence-electron chi connectivity index (χ1n) is 6.46. The van der Waals surface area contributed by atoms with E-state index in [-0.39, 0.29) is 11.6 Å². The van der Waals surface area contributed by atoms with Crippen LogP contribution < -0.4 is 10.6 Å². The fourth-order valence-corrected chi connectivity index (χ4v) is 1.74. The second-order valence-corrected chi connectivity index (χ2v) is 4.64. The monoisotopic (exact) mass is 279 g/mol. The molecule has 0 unspecified atom stereocenters. The van der Waals surface area contributed by atoms with Crippen LogP contribution in [0.2, 0.25) is 0 Å². The van der Waals surface area contributed by atoms with Crippen LogP contribution in [0, 0.1) is 6.92 Å². The van der Waals surface area contributed by atoms with Crippen molar-refractivity contribution in [3.05, 3.63) is 29.3 Å². The lowest BCUT2D eigenvalue weighted by atomic mass is 10.1. The van der Waals surface area contributed by atoms with Gasteiger partial charge in [0.05, 0.1) is 5.56 Å². The predicted molar refractivity (Wildman–Crippen MR) is 78.3 cm³/mol. The molecule has 20 heavy (non-hydrogen) atoms. The van der Waals surface area contributed by atoms with Crippen LogP contribution in [0.1, 0.15) is 22.3 Å². The number of amides is 2. The molecule has 0 saturated heterocycles. The summed E-state index contributed by atoms with van der Waals surface area (Å²) < 4.78 is 0. The second kappa shape index (κ2) is 7.49. The van der Waals surface area contributed by atoms with Gasteiger partial charge in [0, 0.05) is 19.3 Å². The smallest absolute Gasteiger partial charge is 0.335 e. The molecule has 1 aromatic rings. The van der Waals surface area contributed by atoms with Crippen LogP contribution in [0.15, 0.2) is 18.2 Å². The number of anilines is 1. The molecular weight excluding hydrogens is 258 g/mol. The molecule has 0 aromatic heterocycles. The average Bonchev–Trinajstić information content (AvgIpc) is 2.40. The minimum Gasteiger partial charge on any atom is -0.478 e. The number of benzene rings is 1. The number of urea groups is 1. The largest absolute Gasteiger partial charge is 0.478 e. The van der Waals surface area contributed by atoms with Gasteiger partial charge in [0.2, 0.25) is 0 Å². The first kappa shape index (κ1) is 16.0. The predicted octanol–water partition coefficient (Wildman–Crippen LogP) is 1.77. The molecule has 0 aliphatic heterocycles. The maximum absolute atomic E-state index is 12.0. The lowest BCUT2D eigenvalue weighted by Gasteiger charge is -2.18. The molecule has 6 heteroatoms. The number of hydrogen-bond acceptors (Lipinski definition) is 3. The van der Waals surface area contributed by atoms with Crippen LogP contribution in [0.25, 0.3) is 0 Å². The van der Waals surface area contributed by atoms with Gasteiger partial charge in [-0.2, -0.15) is 0 Å². The molecule has 1 aromatic carbocycles. The van der Waals surface area contributed by atoms with Crippen LogP contribution in [-0.4, -0.2) is 49.2 Å². The minimum absolute atomic E-state index is 0.202. The summed E-state index contributed by atoms with van der Waals surface area (Å²) in [6, 6.07) is 4.43. The van der Waals surface area contributed by atoms with Crippen molar-refractivity contribution in [3.8, 4) is 0 Å². The number of hydrogen-bond donors (Lipinski definition) is 3. The summed E-state index contributed by atoms with van der Waals surface area (Å²) in [5, 5.41) is 14.7. The standard InChI is InChI=1S/C14H21N3O3/c1-10-9-11(13(18)19)5-6-12(10)16-14(20)17(3)8-4-7-15-2/h5-6,9,15H,4,7-8H2,1-3H3,(H,16,20)(H,18,19). The molecule has 0 saturated carbocycles. The molecule has 0 spiro atoms. The van der Waals surface area contributed by atoms with Crippen LogP contribution >= 0.6 is 0 Å². The molecule has 0 atom stereocenters. The fourth-order valence-electron chi connectivity index (χ4n) is 1.74. The third kappa shape index (κ3) is 4.55. The zero-order valence-corrected chi connectivity index (χ0v) is 12.1. The Balaban J connectivity index is 2.64. The third-order valence-electron chi connectivity index (χ3n) is 2.98. The summed E-state index contributed by atoms with van der Waals surface area (Å²) in [5.74, 6) is -0.977. The number of aromatic carboxylic acids is 1. The van der Waals surface area contributed by atoms with Gasteiger partial charge in [-0.05, 0) is 50.7 Å². The molecule has 0 radical (unpaired) electrons. The fraction of sp³-hybridized carbons (Fsp3) is 0.429. The number of carboxylic acid groups (broad SMARTS) is 1. The van der Waals surface area contributed by atoms with Gasteiger partial charge in [-0.15, -0.1) is 0 Å². The highest BCUT2D eigenvalue weighted by molar-refractivity contribution is 5.92. The molecule has 2 amide bonds. The van der Waals surface area contributed by atoms with Crippen molar-refractivity contribution in [3.63, 3.8) is 0 Å². The van der Waals surface area contributed by atoms with E-state index in [0.29, 0.717) is 12.2 Å². The summed E-state index contributed by atoms with van der Waals surface area (Å²) in [5.41, 5.74) is 1.56. The van der Waals surface area contributed by atoms with Crippen molar-refractivity contribution >= 4 is 17.7 Å². The molecule has 1 rings (SSSR count). The van der Waals surface area contributed by atoms with E-state index in [9.17, 15) is 9.59 Å². The highest BCUT2D eigenvalue weighted by Crippen LogP contribution is 2.17. The Morgan fingerprint density at radius 2 is 2.05 bits per heavy atom. The number of rotatable bonds is 6. The van der Waals surface area contributed by atoms with Crippen molar-refractivity contribution in [1.29, 1.82) is 0 Å². The summed E-state index contributed by atoms with van der Waals surface area (Å²) in [7, 11) is 3.60. The molecule has 0 aliphatic carbocycles. The number of aryl methyl sites for hydroxylation is 1. The molecule has 0 bridgehead atoms. The van der Waals surface area contributed by atoms with E-state index in [1.165, 1.54) is 6.07 Å². The van der Waals surface area contributed by atoms with Crippen LogP contribution in [0.5, 0.6) is 0 Å². The summed E-state index contributed by atoms with van der Waals surface area (Å²) in [6.45, 7) is 3.27. The topological polar surface area (TPSA) is 81.7 Å². The number of carbonyl (C=O) groups excluding carboxylic acids is 1. The van der Waals surface area contributed by atoms with E-state index in [1.54, 1.807) is 31.0 Å². The zero-order valence-electron chi connectivity index (χ0n) is 12.1. The van der Waals surface area contributed by atoms with Crippen LogP contribution in [-0.2, 0) is 0 Å². The Morgan fingerprint density at radius 3 is 2.60 bits per heavy atom. The van der Waals surface area contributed by atoms with E-state index >= 15 is 0 Å². The van der Waals surface area contributed by atoms with Crippen molar-refractivity contribution < 1.29 is 14.7 Å². The van der Waals surface area contributed by atoms with Gasteiger partial charge in [-0.1, -0.05) is 0 Å². The van der Waals surface area contributed by atoms with Gasteiger partial charge in [0.1, 0.15) is 0 Å². The lowest BCUT2D eigenvalue weighted by Crippen LogP contribution is -2.33. The van der Waals surface area contributed by atoms with Gasteiger partial charge >= 0.3 is 12.0 Å². The van der Waals surface area contributed by atoms with E-state index in [4.69, 9.17) is 5.11 Å². The van der Waals surface area contributed by atoms with Crippen molar-refractivity contribution in [2.75, 3.05) is 32.5 Å². The highest BCUT2D eigenvalue weighted by atomic mass is 16.4. The Labute approximate surface area is 118 Å². The van der Waals surface area contributed by atoms with Crippen molar-refractivity contribution in [2.45, 2.75) is 13.3 Å². The number of carboxylic acids is 1. The molecule has 0 aliphatic rings. The number of nitrogens with one attached hydrogen (secondary N) is 2. The average molecular weight is 279 g/mol. The first-order chi connectivity index (χ1) is 9.45. The summed E-state index contributed by atoms with van der Waals surface area (Å²) in [6.07, 6.45) is 0.872. The second-order valence-electron chi connectivity index (χ2n) is 4.64. The van der Waals surface area contributed by atoms with E-state index < -0.39 is 5.97 Å². The maximum atomic E-state index is 12.0. The van der Waals surface area contributed by atoms with Gasteiger partial charge < -0.3 is 20.6 Å². The van der Waals surface area contributed by atoms with E-state index in [2.05, 4.69) is 10.6 Å². The SMILES string of the molecule is CNCCCN(C)C(=O)Nc1ccc(C(=O)O)cc1C. The zero-order chi connectivity index (χ0) is 15.1. The Bertz CT molecular complexity index is 489. The van der Waals surface area contributed by atoms with Gasteiger partial charge in [0.15, 0.2) is 0 Å². The first-order valence-corrected chi connectivity index (χ1v) is 6.46. The molecule has 110 valence electrons. The van der Waals surface area contributed by atoms with E-state index in [1.807, 2.05) is 7.05 Å².